The molecule has 0 saturated carbocycles. The SMILES string of the molecule is CC1=CC(=NC(=O)c2ccccc2Br)C=CC1=O. The number of ketones is 1. The first-order valence-corrected chi connectivity index (χ1v) is 6.15. The third-order valence-electron chi connectivity index (χ3n) is 2.49. The predicted octanol–water partition coefficient (Wildman–Crippen LogP) is 3.12. The second kappa shape index (κ2) is 5.23. The van der Waals surface area contributed by atoms with Gasteiger partial charge in [0, 0.05) is 4.47 Å². The number of rotatable bonds is 1. The summed E-state index contributed by atoms with van der Waals surface area (Å²) in [5, 5.41) is 0. The standard InChI is InChI=1S/C14H10BrNO2/c1-9-8-10(6-7-13(9)17)16-14(18)11-4-2-3-5-12(11)15/h2-8H,1H3. The molecule has 0 heterocycles. The summed E-state index contributed by atoms with van der Waals surface area (Å²) in [6, 6.07) is 7.09. The van der Waals surface area contributed by atoms with Gasteiger partial charge in [0.2, 0.25) is 0 Å². The molecule has 0 radical (unpaired) electrons. The van der Waals surface area contributed by atoms with E-state index in [0.717, 1.165) is 0 Å². The van der Waals surface area contributed by atoms with Crippen molar-refractivity contribution in [3.63, 3.8) is 0 Å². The van der Waals surface area contributed by atoms with E-state index in [1.807, 2.05) is 6.07 Å². The van der Waals surface area contributed by atoms with Crippen LogP contribution in [0.1, 0.15) is 17.3 Å². The smallest absolute Gasteiger partial charge is 0.278 e. The lowest BCUT2D eigenvalue weighted by Crippen LogP contribution is -2.07. The first-order chi connectivity index (χ1) is 8.58. The number of amides is 1. The van der Waals surface area contributed by atoms with Gasteiger partial charge in [0.1, 0.15) is 0 Å². The summed E-state index contributed by atoms with van der Waals surface area (Å²) in [6.07, 6.45) is 4.57. The molecule has 0 aromatic heterocycles. The van der Waals surface area contributed by atoms with E-state index >= 15 is 0 Å². The van der Waals surface area contributed by atoms with Crippen LogP contribution in [0, 0.1) is 0 Å². The molecule has 3 nitrogen and oxygen atoms in total. The Hall–Kier alpha value is -1.81. The molecule has 4 heteroatoms. The summed E-state index contributed by atoms with van der Waals surface area (Å²) in [4.78, 5) is 27.2. The van der Waals surface area contributed by atoms with Crippen LogP contribution in [0.3, 0.4) is 0 Å². The Bertz CT molecular complexity index is 612. The van der Waals surface area contributed by atoms with Crippen molar-refractivity contribution < 1.29 is 9.59 Å². The summed E-state index contributed by atoms with van der Waals surface area (Å²) in [6.45, 7) is 1.70. The first kappa shape index (κ1) is 12.6. The summed E-state index contributed by atoms with van der Waals surface area (Å²) in [5.74, 6) is -0.386. The Balaban J connectivity index is 2.30. The van der Waals surface area contributed by atoms with Gasteiger partial charge < -0.3 is 0 Å². The Morgan fingerprint density at radius 1 is 1.22 bits per heavy atom. The summed E-state index contributed by atoms with van der Waals surface area (Å²) >= 11 is 3.31. The van der Waals surface area contributed by atoms with Crippen LogP contribution in [-0.2, 0) is 4.79 Å². The number of carbonyl (C=O) groups excluding carboxylic acids is 2. The van der Waals surface area contributed by atoms with Gasteiger partial charge in [0.25, 0.3) is 5.91 Å². The monoisotopic (exact) mass is 303 g/mol. The van der Waals surface area contributed by atoms with E-state index in [-0.39, 0.29) is 11.7 Å². The zero-order valence-electron chi connectivity index (χ0n) is 9.68. The number of hydrogen-bond acceptors (Lipinski definition) is 2. The van der Waals surface area contributed by atoms with Crippen LogP contribution in [0.4, 0.5) is 0 Å². The van der Waals surface area contributed by atoms with Crippen molar-refractivity contribution in [1.82, 2.24) is 0 Å². The van der Waals surface area contributed by atoms with E-state index < -0.39 is 0 Å². The molecule has 0 spiro atoms. The fraction of sp³-hybridized carbons (Fsp3) is 0.0714. The molecule has 0 N–H and O–H groups in total. The fourth-order valence-electron chi connectivity index (χ4n) is 1.52. The van der Waals surface area contributed by atoms with Gasteiger partial charge in [-0.3, -0.25) is 9.59 Å². The van der Waals surface area contributed by atoms with Gasteiger partial charge in [0.05, 0.1) is 11.3 Å². The molecule has 0 fully saturated rings. The minimum Gasteiger partial charge on any atom is -0.290 e. The second-order valence-electron chi connectivity index (χ2n) is 3.85. The van der Waals surface area contributed by atoms with Gasteiger partial charge in [-0.25, -0.2) is 4.99 Å². The van der Waals surface area contributed by atoms with Gasteiger partial charge in [-0.2, -0.15) is 0 Å². The topological polar surface area (TPSA) is 46.5 Å². The van der Waals surface area contributed by atoms with Crippen molar-refractivity contribution in [3.05, 3.63) is 58.1 Å². The average Bonchev–Trinajstić information content (AvgIpc) is 2.34. The highest BCUT2D eigenvalue weighted by Crippen LogP contribution is 2.17. The number of aliphatic imine (C=N–C) groups is 1. The summed E-state index contributed by atoms with van der Waals surface area (Å²) < 4.78 is 0.705. The molecule has 1 aromatic rings. The van der Waals surface area contributed by atoms with Gasteiger partial charge in [-0.1, -0.05) is 12.1 Å². The number of nitrogens with zero attached hydrogens (tertiary/aromatic N) is 1. The molecule has 1 aliphatic rings. The van der Waals surface area contributed by atoms with Gasteiger partial charge in [-0.05, 0) is 58.8 Å². The molecular weight excluding hydrogens is 294 g/mol. The van der Waals surface area contributed by atoms with Crippen molar-refractivity contribution in [2.24, 2.45) is 4.99 Å². The number of carbonyl (C=O) groups is 2. The molecule has 0 atom stereocenters. The zero-order chi connectivity index (χ0) is 13.1. The molecule has 1 aromatic carbocycles. The van der Waals surface area contributed by atoms with Gasteiger partial charge in [0.15, 0.2) is 5.78 Å². The third-order valence-corrected chi connectivity index (χ3v) is 3.18. The molecule has 0 bridgehead atoms. The number of hydrogen-bond donors (Lipinski definition) is 0. The van der Waals surface area contributed by atoms with Gasteiger partial charge >= 0.3 is 0 Å². The van der Waals surface area contributed by atoms with Crippen molar-refractivity contribution in [2.75, 3.05) is 0 Å². The minimum atomic E-state index is -0.333. The van der Waals surface area contributed by atoms with Crippen LogP contribution >= 0.6 is 15.9 Å². The predicted molar refractivity (Wildman–Crippen MR) is 73.8 cm³/mol. The first-order valence-electron chi connectivity index (χ1n) is 5.36. The molecule has 1 aliphatic carbocycles. The van der Waals surface area contributed by atoms with E-state index in [1.165, 1.54) is 6.08 Å². The number of allylic oxidation sites excluding steroid dienone is 4. The Morgan fingerprint density at radius 3 is 2.61 bits per heavy atom. The largest absolute Gasteiger partial charge is 0.290 e. The number of benzene rings is 1. The molecule has 0 saturated heterocycles. The zero-order valence-corrected chi connectivity index (χ0v) is 11.3. The van der Waals surface area contributed by atoms with Crippen LogP contribution in [0.2, 0.25) is 0 Å². The van der Waals surface area contributed by atoms with Crippen molar-refractivity contribution in [1.29, 1.82) is 0 Å². The summed E-state index contributed by atoms with van der Waals surface area (Å²) in [5.41, 5.74) is 1.57. The Morgan fingerprint density at radius 2 is 1.94 bits per heavy atom. The maximum Gasteiger partial charge on any atom is 0.278 e. The van der Waals surface area contributed by atoms with Crippen molar-refractivity contribution >= 4 is 33.3 Å². The van der Waals surface area contributed by atoms with Crippen LogP contribution in [0.25, 0.3) is 0 Å². The van der Waals surface area contributed by atoms with E-state index in [2.05, 4.69) is 20.9 Å². The highest BCUT2D eigenvalue weighted by atomic mass is 79.9. The molecule has 1 amide bonds. The minimum absolute atomic E-state index is 0.0534. The lowest BCUT2D eigenvalue weighted by Gasteiger charge is -2.04. The maximum absolute atomic E-state index is 12.0. The molecular formula is C14H10BrNO2. The lowest BCUT2D eigenvalue weighted by atomic mass is 10.1. The van der Waals surface area contributed by atoms with Crippen LogP contribution in [0.15, 0.2) is 57.5 Å². The maximum atomic E-state index is 12.0. The highest BCUT2D eigenvalue weighted by molar-refractivity contribution is 9.10. The molecule has 0 unspecified atom stereocenters. The fourth-order valence-corrected chi connectivity index (χ4v) is 1.97. The van der Waals surface area contributed by atoms with Gasteiger partial charge in [-0.15, -0.1) is 0 Å². The van der Waals surface area contributed by atoms with E-state index in [9.17, 15) is 9.59 Å². The van der Waals surface area contributed by atoms with Crippen molar-refractivity contribution in [2.45, 2.75) is 6.92 Å². The Kier molecular flexibility index (Phi) is 3.67. The van der Waals surface area contributed by atoms with Crippen LogP contribution < -0.4 is 0 Å². The van der Waals surface area contributed by atoms with Crippen molar-refractivity contribution in [3.8, 4) is 0 Å². The molecule has 2 rings (SSSR count). The lowest BCUT2D eigenvalue weighted by molar-refractivity contribution is -0.111. The third kappa shape index (κ3) is 2.71. The molecule has 90 valence electrons. The second-order valence-corrected chi connectivity index (χ2v) is 4.70. The van der Waals surface area contributed by atoms with Crippen LogP contribution in [-0.4, -0.2) is 17.4 Å². The van der Waals surface area contributed by atoms with E-state index in [0.29, 0.717) is 21.3 Å². The van der Waals surface area contributed by atoms with Crippen LogP contribution in [0.5, 0.6) is 0 Å². The number of halogens is 1. The van der Waals surface area contributed by atoms with E-state index in [1.54, 1.807) is 37.3 Å². The molecule has 0 aliphatic heterocycles. The average molecular weight is 304 g/mol. The molecule has 18 heavy (non-hydrogen) atoms. The normalized spacial score (nSPS) is 16.9. The summed E-state index contributed by atoms with van der Waals surface area (Å²) in [7, 11) is 0. The van der Waals surface area contributed by atoms with E-state index in [4.69, 9.17) is 0 Å². The highest BCUT2D eigenvalue weighted by Gasteiger charge is 2.11. The Labute approximate surface area is 113 Å². The quantitative estimate of drug-likeness (QED) is 0.748.